The molecule has 0 radical (unpaired) electrons. The van der Waals surface area contributed by atoms with E-state index >= 15 is 0 Å². The minimum atomic E-state index is -1.00. The van der Waals surface area contributed by atoms with Crippen LogP contribution in [0.4, 0.5) is 0 Å². The lowest BCUT2D eigenvalue weighted by molar-refractivity contribution is -0.140. The second-order valence-corrected chi connectivity index (χ2v) is 5.78. The van der Waals surface area contributed by atoms with Gasteiger partial charge >= 0.3 is 5.97 Å². The van der Waals surface area contributed by atoms with Crippen molar-refractivity contribution in [3.05, 3.63) is 35.4 Å². The molecule has 4 nitrogen and oxygen atoms in total. The number of aliphatic carboxylic acids is 1. The van der Waals surface area contributed by atoms with E-state index in [4.69, 9.17) is 5.11 Å². The molecule has 0 aliphatic heterocycles. The fourth-order valence-corrected chi connectivity index (χ4v) is 2.39. The van der Waals surface area contributed by atoms with Crippen LogP contribution in [0.15, 0.2) is 24.3 Å². The summed E-state index contributed by atoms with van der Waals surface area (Å²) in [4.78, 5) is 23.1. The third kappa shape index (κ3) is 3.18. The Balaban J connectivity index is 2.03. The van der Waals surface area contributed by atoms with Crippen LogP contribution in [-0.4, -0.2) is 23.0 Å². The lowest BCUT2D eigenvalue weighted by Gasteiger charge is -2.25. The number of benzene rings is 1. The maximum atomic E-state index is 12.1. The first-order valence-corrected chi connectivity index (χ1v) is 7.12. The van der Waals surface area contributed by atoms with Crippen molar-refractivity contribution in [2.24, 2.45) is 5.92 Å². The Kier molecular flexibility index (Phi) is 4.42. The molecule has 1 aromatic carbocycles. The van der Waals surface area contributed by atoms with Gasteiger partial charge < -0.3 is 10.4 Å². The van der Waals surface area contributed by atoms with Crippen LogP contribution >= 0.6 is 0 Å². The molecule has 0 bridgehead atoms. The van der Waals surface area contributed by atoms with Crippen molar-refractivity contribution in [1.29, 1.82) is 0 Å². The number of amides is 1. The van der Waals surface area contributed by atoms with Crippen LogP contribution in [0.3, 0.4) is 0 Å². The van der Waals surface area contributed by atoms with Crippen molar-refractivity contribution in [2.75, 3.05) is 0 Å². The molecule has 1 aliphatic carbocycles. The topological polar surface area (TPSA) is 66.4 Å². The van der Waals surface area contributed by atoms with Gasteiger partial charge in [0.2, 0.25) is 0 Å². The molecule has 2 rings (SSSR count). The largest absolute Gasteiger partial charge is 0.480 e. The molecule has 4 heteroatoms. The first-order valence-electron chi connectivity index (χ1n) is 7.12. The van der Waals surface area contributed by atoms with Crippen LogP contribution in [0.2, 0.25) is 0 Å². The number of rotatable bonds is 5. The van der Waals surface area contributed by atoms with Crippen LogP contribution in [0, 0.1) is 5.92 Å². The molecule has 0 saturated heterocycles. The molecule has 1 fully saturated rings. The molecule has 0 aromatic heterocycles. The molecule has 0 spiro atoms. The van der Waals surface area contributed by atoms with Gasteiger partial charge in [-0.25, -0.2) is 4.79 Å². The van der Waals surface area contributed by atoms with Crippen LogP contribution in [0.25, 0.3) is 0 Å². The SMILES string of the molecule is CC(C)C(NC(=O)c1ccc(C2CCC2)cc1)C(=O)O. The second-order valence-electron chi connectivity index (χ2n) is 5.78. The number of carbonyl (C=O) groups excluding carboxylic acids is 1. The van der Waals surface area contributed by atoms with E-state index in [0.717, 1.165) is 0 Å². The van der Waals surface area contributed by atoms with Gasteiger partial charge in [0.15, 0.2) is 0 Å². The average molecular weight is 275 g/mol. The van der Waals surface area contributed by atoms with Gasteiger partial charge in [0.25, 0.3) is 5.91 Å². The number of nitrogens with one attached hydrogen (secondary N) is 1. The van der Waals surface area contributed by atoms with Gasteiger partial charge in [-0.2, -0.15) is 0 Å². The molecule has 1 unspecified atom stereocenters. The molecule has 108 valence electrons. The van der Waals surface area contributed by atoms with Gasteiger partial charge in [-0.1, -0.05) is 32.4 Å². The van der Waals surface area contributed by atoms with E-state index in [0.29, 0.717) is 11.5 Å². The summed E-state index contributed by atoms with van der Waals surface area (Å²) in [5, 5.41) is 11.7. The predicted molar refractivity (Wildman–Crippen MR) is 76.8 cm³/mol. The third-order valence-electron chi connectivity index (χ3n) is 3.97. The summed E-state index contributed by atoms with van der Waals surface area (Å²) in [6.07, 6.45) is 3.72. The van der Waals surface area contributed by atoms with Crippen LogP contribution in [0.5, 0.6) is 0 Å². The normalized spacial score (nSPS) is 16.6. The number of carbonyl (C=O) groups is 2. The average Bonchev–Trinajstić information content (AvgIpc) is 2.33. The van der Waals surface area contributed by atoms with Gasteiger partial charge in [-0.05, 0) is 42.4 Å². The summed E-state index contributed by atoms with van der Waals surface area (Å²) in [5.41, 5.74) is 1.78. The first-order chi connectivity index (χ1) is 9.49. The van der Waals surface area contributed by atoms with Crippen LogP contribution in [-0.2, 0) is 4.79 Å². The second kappa shape index (κ2) is 6.07. The highest BCUT2D eigenvalue weighted by atomic mass is 16.4. The molecule has 1 amide bonds. The highest BCUT2D eigenvalue weighted by Gasteiger charge is 2.24. The summed E-state index contributed by atoms with van der Waals surface area (Å²) in [5.74, 6) is -0.842. The summed E-state index contributed by atoms with van der Waals surface area (Å²) in [7, 11) is 0. The zero-order chi connectivity index (χ0) is 14.7. The quantitative estimate of drug-likeness (QED) is 0.868. The maximum Gasteiger partial charge on any atom is 0.326 e. The highest BCUT2D eigenvalue weighted by molar-refractivity contribution is 5.96. The van der Waals surface area contributed by atoms with E-state index in [2.05, 4.69) is 5.32 Å². The van der Waals surface area contributed by atoms with Gasteiger partial charge in [0, 0.05) is 5.56 Å². The minimum absolute atomic E-state index is 0.148. The van der Waals surface area contributed by atoms with Crippen molar-refractivity contribution in [3.63, 3.8) is 0 Å². The van der Waals surface area contributed by atoms with Gasteiger partial charge in [0.05, 0.1) is 0 Å². The Labute approximate surface area is 119 Å². The van der Waals surface area contributed by atoms with E-state index < -0.39 is 12.0 Å². The minimum Gasteiger partial charge on any atom is -0.480 e. The van der Waals surface area contributed by atoms with Crippen molar-refractivity contribution < 1.29 is 14.7 Å². The van der Waals surface area contributed by atoms with Gasteiger partial charge in [0.1, 0.15) is 6.04 Å². The van der Waals surface area contributed by atoms with Crippen LogP contribution in [0.1, 0.15) is 54.9 Å². The van der Waals surface area contributed by atoms with E-state index in [9.17, 15) is 9.59 Å². The van der Waals surface area contributed by atoms with Gasteiger partial charge in [-0.15, -0.1) is 0 Å². The molecule has 1 aliphatic rings. The summed E-state index contributed by atoms with van der Waals surface area (Å²) in [6.45, 7) is 3.55. The number of hydrogen-bond donors (Lipinski definition) is 2. The van der Waals surface area contributed by atoms with Crippen molar-refractivity contribution in [3.8, 4) is 0 Å². The summed E-state index contributed by atoms with van der Waals surface area (Å²) >= 11 is 0. The molecule has 1 saturated carbocycles. The fourth-order valence-electron chi connectivity index (χ4n) is 2.39. The molecule has 0 heterocycles. The van der Waals surface area contributed by atoms with Crippen LogP contribution < -0.4 is 5.32 Å². The zero-order valence-corrected chi connectivity index (χ0v) is 11.9. The Bertz CT molecular complexity index is 489. The number of carboxylic acid groups (broad SMARTS) is 1. The molecule has 1 atom stereocenters. The summed E-state index contributed by atoms with van der Waals surface area (Å²) < 4.78 is 0. The lowest BCUT2D eigenvalue weighted by Crippen LogP contribution is -2.44. The smallest absolute Gasteiger partial charge is 0.326 e. The van der Waals surface area contributed by atoms with E-state index in [1.54, 1.807) is 26.0 Å². The number of carboxylic acids is 1. The number of hydrogen-bond acceptors (Lipinski definition) is 2. The third-order valence-corrected chi connectivity index (χ3v) is 3.97. The fraction of sp³-hybridized carbons (Fsp3) is 0.500. The molecular formula is C16H21NO3. The Morgan fingerprint density at radius 2 is 1.80 bits per heavy atom. The first kappa shape index (κ1) is 14.6. The lowest BCUT2D eigenvalue weighted by atomic mass is 9.80. The highest BCUT2D eigenvalue weighted by Crippen LogP contribution is 2.36. The summed E-state index contributed by atoms with van der Waals surface area (Å²) in [6, 6.07) is 6.66. The molecule has 2 N–H and O–H groups in total. The van der Waals surface area contributed by atoms with Crippen molar-refractivity contribution in [2.45, 2.75) is 45.1 Å². The van der Waals surface area contributed by atoms with Crippen molar-refractivity contribution in [1.82, 2.24) is 5.32 Å². The standard InChI is InChI=1S/C16H21NO3/c1-10(2)14(16(19)20)17-15(18)13-8-6-12(7-9-13)11-4-3-5-11/h6-11,14H,3-5H2,1-2H3,(H,17,18)(H,19,20). The zero-order valence-electron chi connectivity index (χ0n) is 11.9. The maximum absolute atomic E-state index is 12.1. The Morgan fingerprint density at radius 1 is 1.20 bits per heavy atom. The Hall–Kier alpha value is -1.84. The van der Waals surface area contributed by atoms with E-state index in [1.165, 1.54) is 24.8 Å². The molecular weight excluding hydrogens is 254 g/mol. The van der Waals surface area contributed by atoms with Gasteiger partial charge in [-0.3, -0.25) is 4.79 Å². The monoisotopic (exact) mass is 275 g/mol. The predicted octanol–water partition coefficient (Wildman–Crippen LogP) is 2.79. The Morgan fingerprint density at radius 3 is 2.20 bits per heavy atom. The molecule has 1 aromatic rings. The molecule has 20 heavy (non-hydrogen) atoms. The van der Waals surface area contributed by atoms with E-state index in [-0.39, 0.29) is 11.8 Å². The van der Waals surface area contributed by atoms with Crippen molar-refractivity contribution >= 4 is 11.9 Å². The van der Waals surface area contributed by atoms with E-state index in [1.807, 2.05) is 12.1 Å².